The minimum atomic E-state index is 0.727. The van der Waals surface area contributed by atoms with E-state index in [4.69, 9.17) is 16.3 Å². The van der Waals surface area contributed by atoms with Crippen LogP contribution in [0.25, 0.3) is 0 Å². The second-order valence-corrected chi connectivity index (χ2v) is 5.30. The maximum absolute atomic E-state index is 6.30. The second-order valence-electron chi connectivity index (χ2n) is 4.89. The van der Waals surface area contributed by atoms with E-state index in [0.717, 1.165) is 36.8 Å². The summed E-state index contributed by atoms with van der Waals surface area (Å²) in [5.74, 6) is 0. The van der Waals surface area contributed by atoms with Gasteiger partial charge in [0.1, 0.15) is 0 Å². The quantitative estimate of drug-likeness (QED) is 0.793. The van der Waals surface area contributed by atoms with Crippen molar-refractivity contribution in [3.63, 3.8) is 0 Å². The molecule has 0 amide bonds. The van der Waals surface area contributed by atoms with Crippen LogP contribution in [0.4, 0.5) is 0 Å². The van der Waals surface area contributed by atoms with E-state index >= 15 is 0 Å². The van der Waals surface area contributed by atoms with Crippen molar-refractivity contribution >= 4 is 11.6 Å². The molecule has 1 aromatic heterocycles. The fourth-order valence-corrected chi connectivity index (χ4v) is 2.41. The number of rotatable bonds is 7. The molecule has 0 bridgehead atoms. The summed E-state index contributed by atoms with van der Waals surface area (Å²) < 4.78 is 7.25. The van der Waals surface area contributed by atoms with E-state index in [1.807, 2.05) is 6.07 Å². The smallest absolute Gasteiger partial charge is 0.0587 e. The molecule has 3 nitrogen and oxygen atoms in total. The lowest BCUT2D eigenvalue weighted by molar-refractivity contribution is 0.199. The van der Waals surface area contributed by atoms with E-state index in [1.54, 1.807) is 7.11 Å². The maximum atomic E-state index is 6.30. The molecule has 0 unspecified atom stereocenters. The van der Waals surface area contributed by atoms with Gasteiger partial charge in [-0.05, 0) is 36.2 Å². The van der Waals surface area contributed by atoms with E-state index in [2.05, 4.69) is 47.3 Å². The fraction of sp³-hybridized carbons (Fsp3) is 0.375. The molecule has 0 radical (unpaired) electrons. The van der Waals surface area contributed by atoms with Crippen molar-refractivity contribution in [1.29, 1.82) is 0 Å². The number of benzene rings is 1. The van der Waals surface area contributed by atoms with Crippen LogP contribution < -0.4 is 5.32 Å². The van der Waals surface area contributed by atoms with Crippen LogP contribution in [0, 0.1) is 6.92 Å². The molecule has 1 N–H and O–H groups in total. The SMILES string of the molecule is COCCNCc1cccn1Cc1ccc(C)cc1Cl. The molecule has 0 aliphatic carbocycles. The summed E-state index contributed by atoms with van der Waals surface area (Å²) in [6.07, 6.45) is 2.09. The molecular weight excluding hydrogens is 272 g/mol. The molecular formula is C16H21ClN2O. The number of aryl methyl sites for hydroxylation is 1. The van der Waals surface area contributed by atoms with Crippen LogP contribution in [0.1, 0.15) is 16.8 Å². The predicted octanol–water partition coefficient (Wildman–Crippen LogP) is 3.23. The first-order valence-corrected chi connectivity index (χ1v) is 7.17. The minimum absolute atomic E-state index is 0.727. The van der Waals surface area contributed by atoms with Gasteiger partial charge in [-0.2, -0.15) is 0 Å². The third-order valence-corrected chi connectivity index (χ3v) is 3.61. The van der Waals surface area contributed by atoms with Crippen molar-refractivity contribution in [3.8, 4) is 0 Å². The van der Waals surface area contributed by atoms with Crippen LogP contribution in [0.2, 0.25) is 5.02 Å². The Kier molecular flexibility index (Phi) is 5.65. The Bertz CT molecular complexity index is 551. The molecule has 1 heterocycles. The third-order valence-electron chi connectivity index (χ3n) is 3.26. The molecule has 0 atom stereocenters. The fourth-order valence-electron chi connectivity index (χ4n) is 2.12. The molecule has 4 heteroatoms. The zero-order chi connectivity index (χ0) is 14.4. The van der Waals surface area contributed by atoms with Crippen molar-refractivity contribution in [2.24, 2.45) is 0 Å². The lowest BCUT2D eigenvalue weighted by Gasteiger charge is -2.12. The van der Waals surface area contributed by atoms with Gasteiger partial charge < -0.3 is 14.6 Å². The number of nitrogens with zero attached hydrogens (tertiary/aromatic N) is 1. The number of halogens is 1. The van der Waals surface area contributed by atoms with Gasteiger partial charge in [0.2, 0.25) is 0 Å². The van der Waals surface area contributed by atoms with E-state index in [0.29, 0.717) is 0 Å². The van der Waals surface area contributed by atoms with Gasteiger partial charge in [-0.1, -0.05) is 23.7 Å². The Morgan fingerprint density at radius 2 is 2.15 bits per heavy atom. The number of methoxy groups -OCH3 is 1. The molecule has 2 rings (SSSR count). The molecule has 20 heavy (non-hydrogen) atoms. The van der Waals surface area contributed by atoms with E-state index < -0.39 is 0 Å². The van der Waals surface area contributed by atoms with Crippen LogP contribution in [0.15, 0.2) is 36.5 Å². The Morgan fingerprint density at radius 3 is 2.90 bits per heavy atom. The zero-order valence-electron chi connectivity index (χ0n) is 12.0. The standard InChI is InChI=1S/C16H21ClN2O/c1-13-5-6-14(16(17)10-13)12-19-8-3-4-15(19)11-18-7-9-20-2/h3-6,8,10,18H,7,9,11-12H2,1-2H3. The number of hydrogen-bond donors (Lipinski definition) is 1. The topological polar surface area (TPSA) is 26.2 Å². The summed E-state index contributed by atoms with van der Waals surface area (Å²) >= 11 is 6.30. The molecule has 0 saturated heterocycles. The summed E-state index contributed by atoms with van der Waals surface area (Å²) in [4.78, 5) is 0. The van der Waals surface area contributed by atoms with E-state index in [9.17, 15) is 0 Å². The molecule has 0 aliphatic heterocycles. The van der Waals surface area contributed by atoms with Gasteiger partial charge in [0, 0.05) is 43.7 Å². The highest BCUT2D eigenvalue weighted by Gasteiger charge is 2.05. The molecule has 0 saturated carbocycles. The van der Waals surface area contributed by atoms with Crippen LogP contribution in [0.5, 0.6) is 0 Å². The summed E-state index contributed by atoms with van der Waals surface area (Å²) in [5, 5.41) is 4.19. The largest absolute Gasteiger partial charge is 0.383 e. The van der Waals surface area contributed by atoms with Gasteiger partial charge in [0.25, 0.3) is 0 Å². The summed E-state index contributed by atoms with van der Waals surface area (Å²) in [5.41, 5.74) is 3.58. The van der Waals surface area contributed by atoms with Gasteiger partial charge in [0.05, 0.1) is 6.61 Å². The average Bonchev–Trinajstić information content (AvgIpc) is 2.85. The first kappa shape index (κ1) is 15.1. The first-order chi connectivity index (χ1) is 9.70. The average molecular weight is 293 g/mol. The van der Waals surface area contributed by atoms with Crippen molar-refractivity contribution in [2.75, 3.05) is 20.3 Å². The minimum Gasteiger partial charge on any atom is -0.383 e. The molecule has 108 valence electrons. The van der Waals surface area contributed by atoms with Crippen molar-refractivity contribution < 1.29 is 4.74 Å². The summed E-state index contributed by atoms with van der Waals surface area (Å²) in [6, 6.07) is 10.4. The Labute approximate surface area is 125 Å². The maximum Gasteiger partial charge on any atom is 0.0587 e. The van der Waals surface area contributed by atoms with Crippen molar-refractivity contribution in [3.05, 3.63) is 58.4 Å². The van der Waals surface area contributed by atoms with Gasteiger partial charge in [-0.25, -0.2) is 0 Å². The Morgan fingerprint density at radius 1 is 1.30 bits per heavy atom. The van der Waals surface area contributed by atoms with Crippen LogP contribution in [-0.2, 0) is 17.8 Å². The molecule has 2 aromatic rings. The monoisotopic (exact) mass is 292 g/mol. The highest BCUT2D eigenvalue weighted by molar-refractivity contribution is 6.31. The van der Waals surface area contributed by atoms with Gasteiger partial charge >= 0.3 is 0 Å². The zero-order valence-corrected chi connectivity index (χ0v) is 12.8. The van der Waals surface area contributed by atoms with E-state index in [1.165, 1.54) is 11.3 Å². The second kappa shape index (κ2) is 7.48. The highest BCUT2D eigenvalue weighted by Crippen LogP contribution is 2.19. The summed E-state index contributed by atoms with van der Waals surface area (Å²) in [6.45, 7) is 5.27. The number of ether oxygens (including phenoxy) is 1. The van der Waals surface area contributed by atoms with Crippen LogP contribution in [-0.4, -0.2) is 24.8 Å². The lowest BCUT2D eigenvalue weighted by Crippen LogP contribution is -2.20. The number of aromatic nitrogens is 1. The van der Waals surface area contributed by atoms with Crippen LogP contribution >= 0.6 is 11.6 Å². The highest BCUT2D eigenvalue weighted by atomic mass is 35.5. The predicted molar refractivity (Wildman–Crippen MR) is 83.3 cm³/mol. The van der Waals surface area contributed by atoms with Crippen LogP contribution in [0.3, 0.4) is 0 Å². The molecule has 0 spiro atoms. The number of nitrogens with one attached hydrogen (secondary N) is 1. The van der Waals surface area contributed by atoms with Crippen molar-refractivity contribution in [1.82, 2.24) is 9.88 Å². The van der Waals surface area contributed by atoms with E-state index in [-0.39, 0.29) is 0 Å². The lowest BCUT2D eigenvalue weighted by atomic mass is 10.1. The Balaban J connectivity index is 2.01. The Hall–Kier alpha value is -1.29. The molecule has 0 aliphatic rings. The van der Waals surface area contributed by atoms with Gasteiger partial charge in [-0.3, -0.25) is 0 Å². The number of hydrogen-bond acceptors (Lipinski definition) is 2. The van der Waals surface area contributed by atoms with Crippen molar-refractivity contribution in [2.45, 2.75) is 20.0 Å². The van der Waals surface area contributed by atoms with Gasteiger partial charge in [0.15, 0.2) is 0 Å². The normalized spacial score (nSPS) is 10.9. The third kappa shape index (κ3) is 4.10. The molecule has 0 fully saturated rings. The van der Waals surface area contributed by atoms with Gasteiger partial charge in [-0.15, -0.1) is 0 Å². The molecule has 1 aromatic carbocycles. The summed E-state index contributed by atoms with van der Waals surface area (Å²) in [7, 11) is 1.71. The first-order valence-electron chi connectivity index (χ1n) is 6.79.